The minimum absolute atomic E-state index is 0.158. The molecular formula is C25H24FN3O2. The molecule has 1 saturated heterocycles. The molecule has 31 heavy (non-hydrogen) atoms. The fraction of sp³-hybridized carbons (Fsp3) is 0.240. The second kappa shape index (κ2) is 8.40. The van der Waals surface area contributed by atoms with Gasteiger partial charge in [-0.2, -0.15) is 0 Å². The molecule has 3 aromatic rings. The highest BCUT2D eigenvalue weighted by molar-refractivity contribution is 5.89. The molecule has 6 heteroatoms. The van der Waals surface area contributed by atoms with Crippen LogP contribution in [-0.2, 0) is 11.2 Å². The second-order valence-corrected chi connectivity index (χ2v) is 7.86. The summed E-state index contributed by atoms with van der Waals surface area (Å²) in [5.41, 5.74) is 5.35. The third-order valence-corrected chi connectivity index (χ3v) is 5.91. The maximum atomic E-state index is 13.2. The van der Waals surface area contributed by atoms with E-state index < -0.39 is 0 Å². The zero-order chi connectivity index (χ0) is 21.2. The Hall–Kier alpha value is -3.38. The van der Waals surface area contributed by atoms with Crippen molar-refractivity contribution in [1.82, 2.24) is 4.90 Å². The van der Waals surface area contributed by atoms with E-state index in [1.807, 2.05) is 24.3 Å². The van der Waals surface area contributed by atoms with Crippen molar-refractivity contribution >= 4 is 23.1 Å². The summed E-state index contributed by atoms with van der Waals surface area (Å²) in [6, 6.07) is 22.5. The summed E-state index contributed by atoms with van der Waals surface area (Å²) in [4.78, 5) is 16.8. The van der Waals surface area contributed by atoms with Crippen LogP contribution in [0.15, 0.2) is 72.8 Å². The Bertz CT molecular complexity index is 1070. The molecule has 1 unspecified atom stereocenters. The second-order valence-electron chi connectivity index (χ2n) is 7.86. The highest BCUT2D eigenvalue weighted by atomic mass is 19.1. The molecule has 0 saturated carbocycles. The number of nitrogens with one attached hydrogen (secondary N) is 1. The van der Waals surface area contributed by atoms with Crippen LogP contribution in [-0.4, -0.2) is 37.2 Å². The summed E-state index contributed by atoms with van der Waals surface area (Å²) in [6.07, 6.45) is 0.790. The van der Waals surface area contributed by atoms with Crippen molar-refractivity contribution in [3.8, 4) is 0 Å². The highest BCUT2D eigenvalue weighted by Gasteiger charge is 2.26. The molecule has 158 valence electrons. The standard InChI is InChI=1S/C25H24FN3O2/c26-20-7-5-19(6-8-20)24-17-28(15-16-31-24)25(30)27-21-9-11-22(12-10-21)29-14-13-18-3-1-2-4-23(18)29/h1-12,24H,13-17H2,(H,27,30). The first kappa shape index (κ1) is 19.6. The minimum atomic E-state index is -0.282. The predicted octanol–water partition coefficient (Wildman–Crippen LogP) is 5.13. The van der Waals surface area contributed by atoms with Gasteiger partial charge in [0.15, 0.2) is 0 Å². The van der Waals surface area contributed by atoms with Gasteiger partial charge in [0.25, 0.3) is 0 Å². The van der Waals surface area contributed by atoms with Crippen LogP contribution >= 0.6 is 0 Å². The maximum Gasteiger partial charge on any atom is 0.322 e. The Labute approximate surface area is 181 Å². The first-order valence-electron chi connectivity index (χ1n) is 10.6. The van der Waals surface area contributed by atoms with E-state index in [4.69, 9.17) is 4.74 Å². The van der Waals surface area contributed by atoms with Gasteiger partial charge in [-0.1, -0.05) is 30.3 Å². The number of benzene rings is 3. The van der Waals surface area contributed by atoms with Crippen LogP contribution in [0.1, 0.15) is 17.2 Å². The average molecular weight is 417 g/mol. The van der Waals surface area contributed by atoms with Gasteiger partial charge in [-0.25, -0.2) is 9.18 Å². The molecule has 0 radical (unpaired) electrons. The van der Waals surface area contributed by atoms with E-state index >= 15 is 0 Å². The number of hydrogen-bond donors (Lipinski definition) is 1. The van der Waals surface area contributed by atoms with Gasteiger partial charge in [-0.3, -0.25) is 0 Å². The Morgan fingerprint density at radius 1 is 0.968 bits per heavy atom. The summed E-state index contributed by atoms with van der Waals surface area (Å²) < 4.78 is 19.0. The normalized spacial score (nSPS) is 18.0. The van der Waals surface area contributed by atoms with Crippen LogP contribution in [0.4, 0.5) is 26.2 Å². The lowest BCUT2D eigenvalue weighted by molar-refractivity contribution is -0.0135. The summed E-state index contributed by atoms with van der Waals surface area (Å²) in [6.45, 7) is 2.36. The van der Waals surface area contributed by atoms with Gasteiger partial charge in [0, 0.05) is 30.2 Å². The maximum absolute atomic E-state index is 13.2. The number of carbonyl (C=O) groups is 1. The van der Waals surface area contributed by atoms with Crippen molar-refractivity contribution in [1.29, 1.82) is 0 Å². The van der Waals surface area contributed by atoms with Crippen LogP contribution in [0.5, 0.6) is 0 Å². The molecule has 2 heterocycles. The van der Waals surface area contributed by atoms with Crippen molar-refractivity contribution in [2.24, 2.45) is 0 Å². The van der Waals surface area contributed by atoms with Gasteiger partial charge in [-0.05, 0) is 60.0 Å². The van der Waals surface area contributed by atoms with E-state index in [1.54, 1.807) is 17.0 Å². The predicted molar refractivity (Wildman–Crippen MR) is 119 cm³/mol. The molecular weight excluding hydrogens is 393 g/mol. The largest absolute Gasteiger partial charge is 0.370 e. The number of hydrogen-bond acceptors (Lipinski definition) is 3. The molecule has 0 spiro atoms. The number of nitrogens with zero attached hydrogens (tertiary/aromatic N) is 2. The smallest absolute Gasteiger partial charge is 0.322 e. The number of morpholine rings is 1. The average Bonchev–Trinajstić information content (AvgIpc) is 3.24. The van der Waals surface area contributed by atoms with Crippen LogP contribution < -0.4 is 10.2 Å². The lowest BCUT2D eigenvalue weighted by Gasteiger charge is -2.33. The SMILES string of the molecule is O=C(Nc1ccc(N2CCc3ccccc32)cc1)N1CCOC(c2ccc(F)cc2)C1. The molecule has 5 rings (SSSR count). The topological polar surface area (TPSA) is 44.8 Å². The van der Waals surface area contributed by atoms with Crippen LogP contribution in [0.25, 0.3) is 0 Å². The Morgan fingerprint density at radius 2 is 1.74 bits per heavy atom. The number of amides is 2. The lowest BCUT2D eigenvalue weighted by Crippen LogP contribution is -2.44. The van der Waals surface area contributed by atoms with E-state index in [2.05, 4.69) is 34.5 Å². The van der Waals surface area contributed by atoms with Crippen LogP contribution in [0, 0.1) is 5.82 Å². The fourth-order valence-corrected chi connectivity index (χ4v) is 4.25. The molecule has 0 aromatic heterocycles. The molecule has 2 aliphatic heterocycles. The van der Waals surface area contributed by atoms with Crippen molar-refractivity contribution in [3.63, 3.8) is 0 Å². The van der Waals surface area contributed by atoms with Gasteiger partial charge in [0.1, 0.15) is 11.9 Å². The summed E-state index contributed by atoms with van der Waals surface area (Å²) in [5.74, 6) is -0.282. The van der Waals surface area contributed by atoms with E-state index in [0.29, 0.717) is 19.7 Å². The number of halogens is 1. The molecule has 2 amide bonds. The molecule has 0 aliphatic carbocycles. The van der Waals surface area contributed by atoms with E-state index in [0.717, 1.165) is 29.9 Å². The zero-order valence-electron chi connectivity index (χ0n) is 17.1. The van der Waals surface area contributed by atoms with Gasteiger partial charge in [0.05, 0.1) is 13.2 Å². The lowest BCUT2D eigenvalue weighted by atomic mass is 10.1. The first-order valence-corrected chi connectivity index (χ1v) is 10.6. The van der Waals surface area contributed by atoms with E-state index in [9.17, 15) is 9.18 Å². The van der Waals surface area contributed by atoms with Gasteiger partial charge in [-0.15, -0.1) is 0 Å². The monoisotopic (exact) mass is 417 g/mol. The minimum Gasteiger partial charge on any atom is -0.370 e. The van der Waals surface area contributed by atoms with Crippen LogP contribution in [0.2, 0.25) is 0 Å². The Kier molecular flexibility index (Phi) is 5.30. The van der Waals surface area contributed by atoms with Crippen molar-refractivity contribution < 1.29 is 13.9 Å². The first-order chi connectivity index (χ1) is 15.2. The van der Waals surface area contributed by atoms with Crippen molar-refractivity contribution in [2.45, 2.75) is 12.5 Å². The van der Waals surface area contributed by atoms with Crippen molar-refractivity contribution in [2.75, 3.05) is 36.5 Å². The van der Waals surface area contributed by atoms with Crippen LogP contribution in [0.3, 0.4) is 0 Å². The summed E-state index contributed by atoms with van der Waals surface area (Å²) >= 11 is 0. The third-order valence-electron chi connectivity index (χ3n) is 5.91. The van der Waals surface area contributed by atoms with E-state index in [-0.39, 0.29) is 18.0 Å². The number of fused-ring (bicyclic) bond motifs is 1. The number of anilines is 3. The number of para-hydroxylation sites is 1. The molecule has 1 atom stereocenters. The molecule has 2 aliphatic rings. The number of ether oxygens (including phenoxy) is 1. The molecule has 5 nitrogen and oxygen atoms in total. The van der Waals surface area contributed by atoms with Gasteiger partial charge >= 0.3 is 6.03 Å². The number of urea groups is 1. The zero-order valence-corrected chi connectivity index (χ0v) is 17.1. The molecule has 1 fully saturated rings. The molecule has 1 N–H and O–H groups in total. The number of carbonyl (C=O) groups excluding carboxylic acids is 1. The fourth-order valence-electron chi connectivity index (χ4n) is 4.25. The Morgan fingerprint density at radius 3 is 2.55 bits per heavy atom. The molecule has 3 aromatic carbocycles. The molecule has 0 bridgehead atoms. The highest BCUT2D eigenvalue weighted by Crippen LogP contribution is 2.34. The van der Waals surface area contributed by atoms with E-state index in [1.165, 1.54) is 23.4 Å². The van der Waals surface area contributed by atoms with Gasteiger partial charge < -0.3 is 19.9 Å². The third kappa shape index (κ3) is 4.11. The Balaban J connectivity index is 1.23. The van der Waals surface area contributed by atoms with Crippen molar-refractivity contribution in [3.05, 3.63) is 89.7 Å². The summed E-state index contributed by atoms with van der Waals surface area (Å²) in [7, 11) is 0. The number of rotatable bonds is 3. The quantitative estimate of drug-likeness (QED) is 0.643. The van der Waals surface area contributed by atoms with Gasteiger partial charge in [0.2, 0.25) is 0 Å². The summed E-state index contributed by atoms with van der Waals surface area (Å²) in [5, 5.41) is 2.98.